The number of hydrogen-bond donors (Lipinski definition) is 0. The minimum absolute atomic E-state index is 0.139. The molecule has 1 aromatic carbocycles. The third kappa shape index (κ3) is 3.69. The predicted molar refractivity (Wildman–Crippen MR) is 82.9 cm³/mol. The summed E-state index contributed by atoms with van der Waals surface area (Å²) in [6, 6.07) is 7.59. The van der Waals surface area contributed by atoms with Crippen LogP contribution in [0.2, 0.25) is 5.02 Å². The maximum Gasteiger partial charge on any atom is 0.151 e. The van der Waals surface area contributed by atoms with Crippen LogP contribution >= 0.6 is 35.1 Å². The molecule has 1 aliphatic rings. The number of carbonyl (C=O) groups excluding carboxylic acids is 1. The van der Waals surface area contributed by atoms with Crippen LogP contribution in [0.15, 0.2) is 24.3 Å². The lowest BCUT2D eigenvalue weighted by Crippen LogP contribution is -2.32. The van der Waals surface area contributed by atoms with Crippen molar-refractivity contribution in [2.75, 3.05) is 5.75 Å². The van der Waals surface area contributed by atoms with Crippen molar-refractivity contribution in [2.24, 2.45) is 0 Å². The fraction of sp³-hybridized carbons (Fsp3) is 0.500. The zero-order valence-electron chi connectivity index (χ0n) is 10.6. The maximum atomic E-state index is 12.3. The van der Waals surface area contributed by atoms with E-state index in [4.69, 9.17) is 11.6 Å². The molecular weight excluding hydrogens is 284 g/mol. The molecule has 0 spiro atoms. The standard InChI is InChI=1S/C14H17ClOS2/c1-9-10(2)18-14(8-17-9)13(16)7-11-4-3-5-12(15)6-11/h3-6,9-10,14H,7-8H2,1-2H3. The number of ketones is 1. The summed E-state index contributed by atoms with van der Waals surface area (Å²) in [4.78, 5) is 12.3. The molecule has 0 radical (unpaired) electrons. The highest BCUT2D eigenvalue weighted by molar-refractivity contribution is 8.08. The first-order valence-corrected chi connectivity index (χ1v) is 8.47. The second-order valence-corrected chi connectivity index (χ2v) is 8.07. The molecule has 1 saturated heterocycles. The van der Waals surface area contributed by atoms with Crippen LogP contribution < -0.4 is 0 Å². The van der Waals surface area contributed by atoms with E-state index in [1.165, 1.54) is 0 Å². The van der Waals surface area contributed by atoms with E-state index in [0.29, 0.717) is 27.7 Å². The molecule has 0 bridgehead atoms. The Labute approximate surface area is 122 Å². The fourth-order valence-electron chi connectivity index (χ4n) is 1.91. The minimum Gasteiger partial charge on any atom is -0.298 e. The molecule has 18 heavy (non-hydrogen) atoms. The van der Waals surface area contributed by atoms with Gasteiger partial charge in [0.1, 0.15) is 0 Å². The molecule has 0 aromatic heterocycles. The van der Waals surface area contributed by atoms with E-state index in [0.717, 1.165) is 11.3 Å². The normalized spacial score (nSPS) is 28.1. The Balaban J connectivity index is 1.96. The number of rotatable bonds is 3. The van der Waals surface area contributed by atoms with E-state index in [-0.39, 0.29) is 5.25 Å². The van der Waals surface area contributed by atoms with Gasteiger partial charge in [0.2, 0.25) is 0 Å². The first-order valence-electron chi connectivity index (χ1n) is 6.10. The summed E-state index contributed by atoms with van der Waals surface area (Å²) in [5.74, 6) is 1.27. The first kappa shape index (κ1) is 14.3. The van der Waals surface area contributed by atoms with Crippen molar-refractivity contribution < 1.29 is 4.79 Å². The van der Waals surface area contributed by atoms with Gasteiger partial charge in [-0.25, -0.2) is 0 Å². The highest BCUT2D eigenvalue weighted by Gasteiger charge is 2.29. The SMILES string of the molecule is CC1SCC(C(=O)Cc2cccc(Cl)c2)SC1C. The Morgan fingerprint density at radius 1 is 1.39 bits per heavy atom. The molecule has 1 fully saturated rings. The number of carbonyl (C=O) groups is 1. The molecule has 1 aliphatic heterocycles. The van der Waals surface area contributed by atoms with E-state index < -0.39 is 0 Å². The Morgan fingerprint density at radius 2 is 2.17 bits per heavy atom. The van der Waals surface area contributed by atoms with Crippen LogP contribution in [0.4, 0.5) is 0 Å². The van der Waals surface area contributed by atoms with Gasteiger partial charge in [0.05, 0.1) is 5.25 Å². The van der Waals surface area contributed by atoms with Crippen LogP contribution in [-0.2, 0) is 11.2 Å². The van der Waals surface area contributed by atoms with Crippen LogP contribution in [0, 0.1) is 0 Å². The number of benzene rings is 1. The molecule has 2 rings (SSSR count). The third-order valence-corrected chi connectivity index (χ3v) is 6.85. The molecule has 1 aromatic rings. The molecule has 0 aliphatic carbocycles. The number of Topliss-reactive ketones (excluding diaryl/α,β-unsaturated/α-hetero) is 1. The van der Waals surface area contributed by atoms with Gasteiger partial charge in [-0.15, -0.1) is 11.8 Å². The quantitative estimate of drug-likeness (QED) is 0.837. The number of thioether (sulfide) groups is 2. The Kier molecular flexibility index (Phi) is 5.05. The monoisotopic (exact) mass is 300 g/mol. The van der Waals surface area contributed by atoms with Gasteiger partial charge >= 0.3 is 0 Å². The summed E-state index contributed by atoms with van der Waals surface area (Å²) in [5, 5.41) is 2.04. The zero-order valence-corrected chi connectivity index (χ0v) is 12.9. The van der Waals surface area contributed by atoms with Crippen molar-refractivity contribution in [2.45, 2.75) is 36.0 Å². The van der Waals surface area contributed by atoms with Crippen molar-refractivity contribution in [3.8, 4) is 0 Å². The second kappa shape index (κ2) is 6.36. The van der Waals surface area contributed by atoms with E-state index in [9.17, 15) is 4.79 Å². The molecule has 1 heterocycles. The van der Waals surface area contributed by atoms with E-state index in [2.05, 4.69) is 13.8 Å². The van der Waals surface area contributed by atoms with Crippen molar-refractivity contribution >= 4 is 40.9 Å². The summed E-state index contributed by atoms with van der Waals surface area (Å²) in [7, 11) is 0. The maximum absolute atomic E-state index is 12.3. The van der Waals surface area contributed by atoms with Crippen LogP contribution in [0.25, 0.3) is 0 Å². The van der Waals surface area contributed by atoms with Gasteiger partial charge in [0.25, 0.3) is 0 Å². The average Bonchev–Trinajstić information content (AvgIpc) is 2.32. The predicted octanol–water partition coefficient (Wildman–Crippen LogP) is 4.08. The highest BCUT2D eigenvalue weighted by atomic mass is 35.5. The molecule has 3 atom stereocenters. The molecule has 0 saturated carbocycles. The van der Waals surface area contributed by atoms with Gasteiger partial charge in [-0.05, 0) is 17.7 Å². The minimum atomic E-state index is 0.139. The third-order valence-electron chi connectivity index (χ3n) is 3.18. The van der Waals surface area contributed by atoms with Gasteiger partial charge in [-0.3, -0.25) is 4.79 Å². The lowest BCUT2D eigenvalue weighted by molar-refractivity contribution is -0.117. The Morgan fingerprint density at radius 3 is 2.83 bits per heavy atom. The van der Waals surface area contributed by atoms with Crippen LogP contribution in [-0.4, -0.2) is 27.3 Å². The molecule has 1 nitrogen and oxygen atoms in total. The van der Waals surface area contributed by atoms with Crippen LogP contribution in [0.5, 0.6) is 0 Å². The van der Waals surface area contributed by atoms with Gasteiger partial charge < -0.3 is 0 Å². The van der Waals surface area contributed by atoms with Gasteiger partial charge in [-0.2, -0.15) is 11.8 Å². The van der Waals surface area contributed by atoms with E-state index >= 15 is 0 Å². The molecular formula is C14H17ClOS2. The largest absolute Gasteiger partial charge is 0.298 e. The molecule has 3 unspecified atom stereocenters. The zero-order chi connectivity index (χ0) is 13.1. The van der Waals surface area contributed by atoms with Crippen molar-refractivity contribution in [3.63, 3.8) is 0 Å². The molecule has 0 N–H and O–H groups in total. The van der Waals surface area contributed by atoms with Crippen molar-refractivity contribution in [3.05, 3.63) is 34.9 Å². The van der Waals surface area contributed by atoms with Gasteiger partial charge in [0, 0.05) is 27.7 Å². The molecule has 4 heteroatoms. The topological polar surface area (TPSA) is 17.1 Å². The Hall–Kier alpha value is -0.120. The second-order valence-electron chi connectivity index (χ2n) is 4.64. The summed E-state index contributed by atoms with van der Waals surface area (Å²) >= 11 is 9.67. The molecule has 98 valence electrons. The summed E-state index contributed by atoms with van der Waals surface area (Å²) in [6.07, 6.45) is 0.500. The lowest BCUT2D eigenvalue weighted by atomic mass is 10.1. The smallest absolute Gasteiger partial charge is 0.151 e. The lowest BCUT2D eigenvalue weighted by Gasteiger charge is -2.30. The summed E-state index contributed by atoms with van der Waals surface area (Å²) in [6.45, 7) is 4.45. The van der Waals surface area contributed by atoms with Crippen molar-refractivity contribution in [1.29, 1.82) is 0 Å². The fourth-order valence-corrected chi connectivity index (χ4v) is 5.02. The summed E-state index contributed by atoms with van der Waals surface area (Å²) < 4.78 is 0. The Bertz CT molecular complexity index is 436. The average molecular weight is 301 g/mol. The van der Waals surface area contributed by atoms with Crippen molar-refractivity contribution in [1.82, 2.24) is 0 Å². The molecule has 0 amide bonds. The first-order chi connectivity index (χ1) is 8.56. The number of hydrogen-bond acceptors (Lipinski definition) is 3. The van der Waals surface area contributed by atoms with E-state index in [1.54, 1.807) is 0 Å². The number of halogens is 1. The van der Waals surface area contributed by atoms with E-state index in [1.807, 2.05) is 47.8 Å². The highest BCUT2D eigenvalue weighted by Crippen LogP contribution is 2.36. The van der Waals surface area contributed by atoms with Crippen LogP contribution in [0.3, 0.4) is 0 Å². The van der Waals surface area contributed by atoms with Crippen LogP contribution in [0.1, 0.15) is 19.4 Å². The van der Waals surface area contributed by atoms with Gasteiger partial charge in [-0.1, -0.05) is 37.6 Å². The summed E-state index contributed by atoms with van der Waals surface area (Å²) in [5.41, 5.74) is 1.02. The van der Waals surface area contributed by atoms with Gasteiger partial charge in [0.15, 0.2) is 5.78 Å².